The maximum absolute atomic E-state index is 12.1. The van der Waals surface area contributed by atoms with Crippen LogP contribution in [0.25, 0.3) is 0 Å². The van der Waals surface area contributed by atoms with Gasteiger partial charge in [0, 0.05) is 13.6 Å². The number of hydrogen-bond donors (Lipinski definition) is 2. The highest BCUT2D eigenvalue weighted by atomic mass is 32.1. The molecule has 2 N–H and O–H groups in total. The Labute approximate surface area is 162 Å². The minimum Gasteiger partial charge on any atom is -0.495 e. The van der Waals surface area contributed by atoms with Gasteiger partial charge in [0.2, 0.25) is 11.0 Å². The van der Waals surface area contributed by atoms with E-state index in [0.29, 0.717) is 15.8 Å². The summed E-state index contributed by atoms with van der Waals surface area (Å²) in [5, 5.41) is 11.3. The number of aromatic nitrogens is 2. The van der Waals surface area contributed by atoms with Crippen molar-refractivity contribution in [1.29, 1.82) is 0 Å². The van der Waals surface area contributed by atoms with Crippen LogP contribution in [-0.4, -0.2) is 47.3 Å². The number of para-hydroxylation sites is 2. The number of amides is 1. The summed E-state index contributed by atoms with van der Waals surface area (Å²) in [5.74, 6) is 0.801. The van der Waals surface area contributed by atoms with Crippen LogP contribution in [-0.2, 0) is 11.5 Å². The molecular formula is C17H23N5O2S2. The lowest BCUT2D eigenvalue weighted by atomic mass is 10.0. The number of nitrogens with zero attached hydrogens (tertiary/aromatic N) is 3. The predicted molar refractivity (Wildman–Crippen MR) is 106 cm³/mol. The number of benzene rings is 1. The molecule has 9 heteroatoms. The van der Waals surface area contributed by atoms with E-state index in [1.165, 1.54) is 11.3 Å². The highest BCUT2D eigenvalue weighted by Gasteiger charge is 2.28. The van der Waals surface area contributed by atoms with E-state index in [1.807, 2.05) is 24.3 Å². The second kappa shape index (κ2) is 8.61. The van der Waals surface area contributed by atoms with Crippen molar-refractivity contribution in [2.45, 2.75) is 32.0 Å². The van der Waals surface area contributed by atoms with Gasteiger partial charge in [-0.2, -0.15) is 0 Å². The number of likely N-dealkylation sites (tertiary alicyclic amines) is 1. The van der Waals surface area contributed by atoms with E-state index in [2.05, 4.69) is 20.6 Å². The molecular weight excluding hydrogens is 370 g/mol. The monoisotopic (exact) mass is 393 g/mol. The second-order valence-electron chi connectivity index (χ2n) is 6.08. The third kappa shape index (κ3) is 4.22. The molecule has 140 valence electrons. The maximum atomic E-state index is 12.1. The number of methoxy groups -OCH3 is 1. The molecule has 0 bridgehead atoms. The fraction of sp³-hybridized carbons (Fsp3) is 0.471. The number of anilines is 2. The summed E-state index contributed by atoms with van der Waals surface area (Å²) in [4.78, 5) is 14.3. The van der Waals surface area contributed by atoms with Crippen molar-refractivity contribution in [2.75, 3.05) is 26.0 Å². The lowest BCUT2D eigenvalue weighted by Gasteiger charge is -2.33. The summed E-state index contributed by atoms with van der Waals surface area (Å²) < 4.78 is 7.80. The molecule has 7 nitrogen and oxygen atoms in total. The van der Waals surface area contributed by atoms with Crippen molar-refractivity contribution < 1.29 is 9.53 Å². The predicted octanol–water partition coefficient (Wildman–Crippen LogP) is 2.98. The standard InChI is InChI=1S/C17H23N5O2S2/c1-18-15(23)13-8-5-6-10-21(13)11-22-17(25)26-16(20-22)19-12-7-3-4-9-14(12)24-2/h3-4,7,9,13H,5-6,8,10-11H2,1-2H3,(H,18,23)(H,19,20). The minimum absolute atomic E-state index is 0.0545. The van der Waals surface area contributed by atoms with Crippen molar-refractivity contribution >= 4 is 40.3 Å². The maximum Gasteiger partial charge on any atom is 0.237 e. The summed E-state index contributed by atoms with van der Waals surface area (Å²) in [7, 11) is 3.31. The van der Waals surface area contributed by atoms with Gasteiger partial charge >= 0.3 is 0 Å². The lowest BCUT2D eigenvalue weighted by Crippen LogP contribution is -2.49. The van der Waals surface area contributed by atoms with Crippen LogP contribution in [0.4, 0.5) is 10.8 Å². The third-order valence-electron chi connectivity index (χ3n) is 4.43. The Morgan fingerprint density at radius 1 is 1.42 bits per heavy atom. The molecule has 1 fully saturated rings. The normalized spacial score (nSPS) is 17.7. The topological polar surface area (TPSA) is 71.4 Å². The van der Waals surface area contributed by atoms with Gasteiger partial charge in [0.15, 0.2) is 3.95 Å². The zero-order valence-corrected chi connectivity index (χ0v) is 16.5. The van der Waals surface area contributed by atoms with Gasteiger partial charge < -0.3 is 15.4 Å². The molecule has 2 heterocycles. The molecule has 3 rings (SSSR count). The van der Waals surface area contributed by atoms with E-state index in [-0.39, 0.29) is 11.9 Å². The second-order valence-corrected chi connectivity index (χ2v) is 7.70. The van der Waals surface area contributed by atoms with Gasteiger partial charge in [-0.05, 0) is 37.2 Å². The van der Waals surface area contributed by atoms with Gasteiger partial charge in [-0.15, -0.1) is 5.10 Å². The van der Waals surface area contributed by atoms with Crippen molar-refractivity contribution in [3.05, 3.63) is 28.2 Å². The quantitative estimate of drug-likeness (QED) is 0.735. The Balaban J connectivity index is 1.75. The van der Waals surface area contributed by atoms with Crippen molar-refractivity contribution in [3.8, 4) is 5.75 Å². The molecule has 0 saturated carbocycles. The minimum atomic E-state index is -0.122. The van der Waals surface area contributed by atoms with Crippen LogP contribution in [0.3, 0.4) is 0 Å². The van der Waals surface area contributed by atoms with Crippen LogP contribution in [0.2, 0.25) is 0 Å². The zero-order chi connectivity index (χ0) is 18.5. The van der Waals surface area contributed by atoms with Gasteiger partial charge in [0.1, 0.15) is 5.75 Å². The molecule has 0 aliphatic carbocycles. The number of carbonyl (C=O) groups excluding carboxylic acids is 1. The number of ether oxygens (including phenoxy) is 1. The lowest BCUT2D eigenvalue weighted by molar-refractivity contribution is -0.128. The third-order valence-corrected chi connectivity index (χ3v) is 5.66. The molecule has 26 heavy (non-hydrogen) atoms. The SMILES string of the molecule is CNC(=O)C1CCCCN1Cn1nc(Nc2ccccc2OC)sc1=S. The van der Waals surface area contributed by atoms with Gasteiger partial charge in [-0.25, -0.2) is 4.68 Å². The molecule has 1 unspecified atom stereocenters. The fourth-order valence-corrected chi connectivity index (χ4v) is 4.11. The van der Waals surface area contributed by atoms with Gasteiger partial charge in [0.25, 0.3) is 0 Å². The van der Waals surface area contributed by atoms with E-state index >= 15 is 0 Å². The molecule has 0 spiro atoms. The highest BCUT2D eigenvalue weighted by Crippen LogP contribution is 2.28. The van der Waals surface area contributed by atoms with Crippen molar-refractivity contribution in [3.63, 3.8) is 0 Å². The van der Waals surface area contributed by atoms with Crippen LogP contribution in [0.5, 0.6) is 5.75 Å². The number of rotatable bonds is 6. The van der Waals surface area contributed by atoms with Crippen LogP contribution >= 0.6 is 23.6 Å². The molecule has 1 saturated heterocycles. The summed E-state index contributed by atoms with van der Waals surface area (Å²) in [5.41, 5.74) is 0.840. The smallest absolute Gasteiger partial charge is 0.237 e. The Kier molecular flexibility index (Phi) is 6.23. The highest BCUT2D eigenvalue weighted by molar-refractivity contribution is 7.73. The van der Waals surface area contributed by atoms with Gasteiger partial charge in [0.05, 0.1) is 25.5 Å². The van der Waals surface area contributed by atoms with Crippen LogP contribution in [0.1, 0.15) is 19.3 Å². The van der Waals surface area contributed by atoms with E-state index < -0.39 is 0 Å². The Morgan fingerprint density at radius 3 is 3.00 bits per heavy atom. The molecule has 1 aliphatic heterocycles. The number of likely N-dealkylation sites (N-methyl/N-ethyl adjacent to an activating group) is 1. The van der Waals surface area contributed by atoms with Gasteiger partial charge in [-0.3, -0.25) is 9.69 Å². The zero-order valence-electron chi connectivity index (χ0n) is 14.9. The fourth-order valence-electron chi connectivity index (χ4n) is 3.11. The number of carbonyl (C=O) groups is 1. The Morgan fingerprint density at radius 2 is 2.23 bits per heavy atom. The molecule has 1 aromatic carbocycles. The number of hydrogen-bond acceptors (Lipinski definition) is 7. The molecule has 1 aliphatic rings. The van der Waals surface area contributed by atoms with E-state index in [4.69, 9.17) is 17.0 Å². The first kappa shape index (κ1) is 18.8. The molecule has 1 amide bonds. The Hall–Kier alpha value is -1.97. The summed E-state index contributed by atoms with van der Waals surface area (Å²) in [6.07, 6.45) is 3.01. The molecule has 2 aromatic rings. The van der Waals surface area contributed by atoms with E-state index in [9.17, 15) is 4.79 Å². The first-order chi connectivity index (χ1) is 12.6. The van der Waals surface area contributed by atoms with Crippen molar-refractivity contribution in [2.24, 2.45) is 0 Å². The summed E-state index contributed by atoms with van der Waals surface area (Å²) >= 11 is 6.88. The average molecular weight is 394 g/mol. The molecule has 1 atom stereocenters. The number of piperidine rings is 1. The van der Waals surface area contributed by atoms with E-state index in [0.717, 1.165) is 37.2 Å². The summed E-state index contributed by atoms with van der Waals surface area (Å²) in [6.45, 7) is 1.38. The summed E-state index contributed by atoms with van der Waals surface area (Å²) in [6, 6.07) is 7.55. The average Bonchev–Trinajstić information content (AvgIpc) is 3.01. The Bertz CT molecular complexity index is 819. The first-order valence-corrected chi connectivity index (χ1v) is 9.78. The largest absolute Gasteiger partial charge is 0.495 e. The number of nitrogens with one attached hydrogen (secondary N) is 2. The molecule has 0 radical (unpaired) electrons. The van der Waals surface area contributed by atoms with Crippen LogP contribution < -0.4 is 15.4 Å². The van der Waals surface area contributed by atoms with Crippen molar-refractivity contribution in [1.82, 2.24) is 20.0 Å². The first-order valence-electron chi connectivity index (χ1n) is 8.56. The van der Waals surface area contributed by atoms with Crippen LogP contribution in [0, 0.1) is 3.95 Å². The van der Waals surface area contributed by atoms with Crippen LogP contribution in [0.15, 0.2) is 24.3 Å². The van der Waals surface area contributed by atoms with E-state index in [1.54, 1.807) is 18.8 Å². The van der Waals surface area contributed by atoms with Gasteiger partial charge in [-0.1, -0.05) is 29.9 Å². The molecule has 1 aromatic heterocycles.